The molecular weight excluding hydrogens is 288 g/mol. The van der Waals surface area contributed by atoms with Crippen molar-refractivity contribution in [2.45, 2.75) is 38.1 Å². The minimum absolute atomic E-state index is 0.0988. The second-order valence-corrected chi connectivity index (χ2v) is 6.34. The van der Waals surface area contributed by atoms with Gasteiger partial charge in [-0.2, -0.15) is 0 Å². The molecule has 0 atom stereocenters. The molecule has 0 fully saturated rings. The molecule has 2 aliphatic carbocycles. The van der Waals surface area contributed by atoms with E-state index in [4.69, 9.17) is 0 Å². The number of Topliss-reactive ketones (excluding diaryl/α,β-unsaturated/α-hetero) is 1. The molecule has 1 aromatic heterocycles. The van der Waals surface area contributed by atoms with E-state index in [0.717, 1.165) is 31.4 Å². The zero-order chi connectivity index (χ0) is 15.8. The number of amides is 1. The van der Waals surface area contributed by atoms with E-state index >= 15 is 0 Å². The molecule has 0 radical (unpaired) electrons. The van der Waals surface area contributed by atoms with Gasteiger partial charge in [-0.3, -0.25) is 14.6 Å². The first-order valence-electron chi connectivity index (χ1n) is 8.10. The minimum Gasteiger partial charge on any atom is -0.349 e. The zero-order valence-electron chi connectivity index (χ0n) is 12.8. The Morgan fingerprint density at radius 1 is 1.13 bits per heavy atom. The molecule has 0 saturated heterocycles. The number of pyridine rings is 1. The maximum absolute atomic E-state index is 12.5. The normalized spacial score (nSPS) is 16.8. The quantitative estimate of drug-likeness (QED) is 0.927. The number of nitrogens with zero attached hydrogens (tertiary/aromatic N) is 1. The SMILES string of the molecule is O=C(NC1Cc2ccccc2C1)c1cnc2c(c1)C(=O)CCC2. The van der Waals surface area contributed by atoms with Crippen molar-refractivity contribution in [3.8, 4) is 0 Å². The molecule has 2 aliphatic rings. The Balaban J connectivity index is 1.50. The molecular formula is C19H18N2O2. The van der Waals surface area contributed by atoms with Gasteiger partial charge in [-0.05, 0) is 42.9 Å². The predicted molar refractivity (Wildman–Crippen MR) is 86.6 cm³/mol. The smallest absolute Gasteiger partial charge is 0.253 e. The number of hydrogen-bond acceptors (Lipinski definition) is 3. The van der Waals surface area contributed by atoms with Crippen molar-refractivity contribution >= 4 is 11.7 Å². The summed E-state index contributed by atoms with van der Waals surface area (Å²) in [6.07, 6.45) is 5.54. The van der Waals surface area contributed by atoms with Crippen molar-refractivity contribution in [3.05, 3.63) is 64.5 Å². The molecule has 0 aliphatic heterocycles. The van der Waals surface area contributed by atoms with Gasteiger partial charge < -0.3 is 5.32 Å². The molecule has 116 valence electrons. The topological polar surface area (TPSA) is 59.1 Å². The molecule has 0 bridgehead atoms. The fourth-order valence-electron chi connectivity index (χ4n) is 3.54. The minimum atomic E-state index is -0.142. The number of benzene rings is 1. The molecule has 4 rings (SSSR count). The van der Waals surface area contributed by atoms with E-state index in [1.807, 2.05) is 12.1 Å². The summed E-state index contributed by atoms with van der Waals surface area (Å²) < 4.78 is 0. The van der Waals surface area contributed by atoms with Crippen LogP contribution >= 0.6 is 0 Å². The monoisotopic (exact) mass is 306 g/mol. The zero-order valence-corrected chi connectivity index (χ0v) is 12.8. The van der Waals surface area contributed by atoms with E-state index < -0.39 is 0 Å². The molecule has 1 aromatic carbocycles. The molecule has 0 unspecified atom stereocenters. The molecule has 23 heavy (non-hydrogen) atoms. The standard InChI is InChI=1S/C19H18N2O2/c22-18-7-3-6-17-16(18)10-14(11-20-17)19(23)21-15-8-12-4-1-2-5-13(12)9-15/h1-2,4-5,10-11,15H,3,6-9H2,(H,21,23). The van der Waals surface area contributed by atoms with Crippen LogP contribution in [-0.4, -0.2) is 22.7 Å². The Labute approximate surface area is 134 Å². The van der Waals surface area contributed by atoms with E-state index in [9.17, 15) is 9.59 Å². The number of hydrogen-bond donors (Lipinski definition) is 1. The number of rotatable bonds is 2. The first kappa shape index (κ1) is 14.1. The highest BCUT2D eigenvalue weighted by atomic mass is 16.1. The van der Waals surface area contributed by atoms with Crippen LogP contribution in [0.3, 0.4) is 0 Å². The van der Waals surface area contributed by atoms with Crippen molar-refractivity contribution in [3.63, 3.8) is 0 Å². The summed E-state index contributed by atoms with van der Waals surface area (Å²) in [5, 5.41) is 3.07. The molecule has 1 amide bonds. The first-order chi connectivity index (χ1) is 11.2. The Morgan fingerprint density at radius 2 is 1.87 bits per heavy atom. The summed E-state index contributed by atoms with van der Waals surface area (Å²) >= 11 is 0. The van der Waals surface area contributed by atoms with Crippen LogP contribution in [0, 0.1) is 0 Å². The average Bonchev–Trinajstić information content (AvgIpc) is 2.97. The van der Waals surface area contributed by atoms with Crippen LogP contribution in [-0.2, 0) is 19.3 Å². The van der Waals surface area contributed by atoms with Crippen molar-refractivity contribution in [1.82, 2.24) is 10.3 Å². The summed E-state index contributed by atoms with van der Waals surface area (Å²) in [4.78, 5) is 28.8. The van der Waals surface area contributed by atoms with Crippen LogP contribution in [0.15, 0.2) is 36.5 Å². The fourth-order valence-corrected chi connectivity index (χ4v) is 3.54. The van der Waals surface area contributed by atoms with Gasteiger partial charge >= 0.3 is 0 Å². The third kappa shape index (κ3) is 2.65. The number of fused-ring (bicyclic) bond motifs is 2. The highest BCUT2D eigenvalue weighted by Crippen LogP contribution is 2.23. The summed E-state index contributed by atoms with van der Waals surface area (Å²) in [6, 6.07) is 10.1. The van der Waals surface area contributed by atoms with Gasteiger partial charge in [0.1, 0.15) is 0 Å². The number of ketones is 1. The number of nitrogens with one attached hydrogen (secondary N) is 1. The number of carbonyl (C=O) groups is 2. The van der Waals surface area contributed by atoms with Crippen molar-refractivity contribution in [2.24, 2.45) is 0 Å². The van der Waals surface area contributed by atoms with Gasteiger partial charge in [-0.15, -0.1) is 0 Å². The van der Waals surface area contributed by atoms with E-state index in [1.165, 1.54) is 11.1 Å². The Bertz CT molecular complexity index is 773. The molecule has 0 saturated carbocycles. The van der Waals surface area contributed by atoms with Crippen LogP contribution in [0.25, 0.3) is 0 Å². The molecule has 2 aromatic rings. The number of aryl methyl sites for hydroxylation is 1. The Morgan fingerprint density at radius 3 is 2.61 bits per heavy atom. The van der Waals surface area contributed by atoms with Crippen LogP contribution in [0.4, 0.5) is 0 Å². The fraction of sp³-hybridized carbons (Fsp3) is 0.316. The van der Waals surface area contributed by atoms with Crippen LogP contribution in [0.1, 0.15) is 50.4 Å². The van der Waals surface area contributed by atoms with Crippen LogP contribution < -0.4 is 5.32 Å². The van der Waals surface area contributed by atoms with Crippen LogP contribution in [0.5, 0.6) is 0 Å². The lowest BCUT2D eigenvalue weighted by Gasteiger charge is -2.16. The van der Waals surface area contributed by atoms with Gasteiger partial charge in [0, 0.05) is 24.2 Å². The maximum atomic E-state index is 12.5. The molecule has 4 nitrogen and oxygen atoms in total. The predicted octanol–water partition coefficient (Wildman–Crippen LogP) is 2.50. The summed E-state index contributed by atoms with van der Waals surface area (Å²) in [6.45, 7) is 0. The second kappa shape index (κ2) is 5.61. The van der Waals surface area contributed by atoms with Gasteiger partial charge in [0.05, 0.1) is 11.3 Å². The lowest BCUT2D eigenvalue weighted by Crippen LogP contribution is -2.35. The third-order valence-electron chi connectivity index (χ3n) is 4.74. The van der Waals surface area contributed by atoms with E-state index in [1.54, 1.807) is 12.3 Å². The maximum Gasteiger partial charge on any atom is 0.253 e. The average molecular weight is 306 g/mol. The molecule has 1 heterocycles. The lowest BCUT2D eigenvalue weighted by molar-refractivity contribution is 0.0938. The summed E-state index contributed by atoms with van der Waals surface area (Å²) in [5.74, 6) is -0.0434. The lowest BCUT2D eigenvalue weighted by atomic mass is 9.94. The summed E-state index contributed by atoms with van der Waals surface area (Å²) in [5.41, 5.74) is 4.53. The summed E-state index contributed by atoms with van der Waals surface area (Å²) in [7, 11) is 0. The second-order valence-electron chi connectivity index (χ2n) is 6.34. The largest absolute Gasteiger partial charge is 0.349 e. The van der Waals surface area contributed by atoms with Gasteiger partial charge in [-0.25, -0.2) is 0 Å². The van der Waals surface area contributed by atoms with E-state index in [-0.39, 0.29) is 17.7 Å². The van der Waals surface area contributed by atoms with Gasteiger partial charge in [-0.1, -0.05) is 24.3 Å². The molecule has 1 N–H and O–H groups in total. The Kier molecular flexibility index (Phi) is 3.45. The van der Waals surface area contributed by atoms with Gasteiger partial charge in [0.2, 0.25) is 0 Å². The highest BCUT2D eigenvalue weighted by Gasteiger charge is 2.24. The van der Waals surface area contributed by atoms with Gasteiger partial charge in [0.25, 0.3) is 5.91 Å². The molecule has 4 heteroatoms. The molecule has 0 spiro atoms. The van der Waals surface area contributed by atoms with Crippen molar-refractivity contribution in [1.29, 1.82) is 0 Å². The van der Waals surface area contributed by atoms with E-state index in [0.29, 0.717) is 17.5 Å². The number of aromatic nitrogens is 1. The van der Waals surface area contributed by atoms with Crippen LogP contribution in [0.2, 0.25) is 0 Å². The van der Waals surface area contributed by atoms with Gasteiger partial charge in [0.15, 0.2) is 5.78 Å². The van der Waals surface area contributed by atoms with E-state index in [2.05, 4.69) is 22.4 Å². The highest BCUT2D eigenvalue weighted by molar-refractivity contribution is 6.01. The Hall–Kier alpha value is -2.49. The number of carbonyl (C=O) groups excluding carboxylic acids is 2. The van der Waals surface area contributed by atoms with Crippen molar-refractivity contribution < 1.29 is 9.59 Å². The first-order valence-corrected chi connectivity index (χ1v) is 8.10. The van der Waals surface area contributed by atoms with Crippen molar-refractivity contribution in [2.75, 3.05) is 0 Å². The third-order valence-corrected chi connectivity index (χ3v) is 4.74.